The van der Waals surface area contributed by atoms with E-state index in [1.54, 1.807) is 34.7 Å². The monoisotopic (exact) mass is 833 g/mol. The average Bonchev–Trinajstić information content (AvgIpc) is 3.50. The lowest BCUT2D eigenvalue weighted by Crippen LogP contribution is -2.53. The van der Waals surface area contributed by atoms with Gasteiger partial charge in [0, 0.05) is 16.7 Å². The molecule has 0 aliphatic heterocycles. The van der Waals surface area contributed by atoms with Gasteiger partial charge < -0.3 is 45.3 Å². The van der Waals surface area contributed by atoms with Crippen molar-refractivity contribution in [3.63, 3.8) is 0 Å². The van der Waals surface area contributed by atoms with E-state index in [1.807, 2.05) is 62.4 Å². The van der Waals surface area contributed by atoms with Crippen LogP contribution in [0.2, 0.25) is 0 Å². The third-order valence-electron chi connectivity index (χ3n) is 9.99. The SMILES string of the molecule is CNC(C(=O)OC(C)C(=O)NC(CCCCNC(=O)OCC1c2ccccc2-c2ccccc21)C(=O)OC(C(=O)NC(C(=O)OC(C)C(=O)O)C(C)C)C(C)C)C(C)C.[2HH].[2HH].[2HH]. The van der Waals surface area contributed by atoms with E-state index in [0.29, 0.717) is 12.8 Å². The topological polar surface area (TPSA) is 225 Å². The molecule has 0 saturated carbocycles. The zero-order valence-corrected chi connectivity index (χ0v) is 35.4. The fraction of sp³-hybridized carbons (Fsp3) is 0.558. The molecule has 3 rings (SSSR count). The number of amides is 3. The maximum atomic E-state index is 13.7. The van der Waals surface area contributed by atoms with Crippen LogP contribution in [0.1, 0.15) is 96.0 Å². The smallest absolute Gasteiger partial charge is 0.407 e. The number of likely N-dealkylation sites (N-methyl/N-ethyl adjacent to an activating group) is 1. The van der Waals surface area contributed by atoms with Gasteiger partial charge in [-0.2, -0.15) is 0 Å². The summed E-state index contributed by atoms with van der Waals surface area (Å²) in [5.74, 6) is -6.95. The molecule has 330 valence electrons. The van der Waals surface area contributed by atoms with Crippen LogP contribution >= 0.6 is 0 Å². The van der Waals surface area contributed by atoms with Gasteiger partial charge in [-0.15, -0.1) is 0 Å². The van der Waals surface area contributed by atoms with Crippen LogP contribution < -0.4 is 21.3 Å². The van der Waals surface area contributed by atoms with Crippen LogP contribution in [-0.2, 0) is 47.7 Å². The predicted molar refractivity (Wildman–Crippen MR) is 223 cm³/mol. The molecule has 0 fully saturated rings. The van der Waals surface area contributed by atoms with E-state index < -0.39 is 90.1 Å². The highest BCUT2D eigenvalue weighted by molar-refractivity contribution is 5.92. The highest BCUT2D eigenvalue weighted by Gasteiger charge is 2.36. The Morgan fingerprint density at radius 1 is 0.661 bits per heavy atom. The van der Waals surface area contributed by atoms with Gasteiger partial charge in [0.2, 0.25) is 0 Å². The summed E-state index contributed by atoms with van der Waals surface area (Å²) < 4.78 is 21.7. The Balaban J connectivity index is 0.0000124. The Kier molecular flexibility index (Phi) is 18.3. The van der Waals surface area contributed by atoms with Crippen LogP contribution in [0.4, 0.5) is 4.79 Å². The zero-order chi connectivity index (χ0) is 44.0. The molecule has 2 aromatic rings. The number of carbonyl (C=O) groups is 7. The summed E-state index contributed by atoms with van der Waals surface area (Å²) in [5.41, 5.74) is 4.37. The van der Waals surface area contributed by atoms with Gasteiger partial charge in [0.1, 0.15) is 24.7 Å². The van der Waals surface area contributed by atoms with Gasteiger partial charge in [-0.1, -0.05) is 90.1 Å². The summed E-state index contributed by atoms with van der Waals surface area (Å²) in [6.45, 7) is 13.0. The molecule has 0 saturated heterocycles. The van der Waals surface area contributed by atoms with Crippen LogP contribution in [0.5, 0.6) is 0 Å². The Morgan fingerprint density at radius 3 is 1.73 bits per heavy atom. The summed E-state index contributed by atoms with van der Waals surface area (Å²) >= 11 is 0. The van der Waals surface area contributed by atoms with E-state index in [1.165, 1.54) is 13.8 Å². The van der Waals surface area contributed by atoms with Gasteiger partial charge in [-0.05, 0) is 80.2 Å². The fourth-order valence-corrected chi connectivity index (χ4v) is 6.61. The van der Waals surface area contributed by atoms with Crippen molar-refractivity contribution in [1.29, 1.82) is 0 Å². The van der Waals surface area contributed by atoms with Gasteiger partial charge in [0.15, 0.2) is 18.3 Å². The maximum Gasteiger partial charge on any atom is 0.407 e. The molecule has 1 aliphatic carbocycles. The van der Waals surface area contributed by atoms with Gasteiger partial charge in [0.05, 0.1) is 0 Å². The van der Waals surface area contributed by atoms with E-state index in [0.717, 1.165) is 22.3 Å². The van der Waals surface area contributed by atoms with E-state index in [9.17, 15) is 33.6 Å². The minimum absolute atomic E-state index is 0. The first-order valence-corrected chi connectivity index (χ1v) is 20.1. The summed E-state index contributed by atoms with van der Waals surface area (Å²) in [6, 6.07) is 12.7. The molecule has 16 heteroatoms. The first-order chi connectivity index (χ1) is 27.9. The number of alkyl carbamates (subject to hydrolysis) is 1. The lowest BCUT2D eigenvalue weighted by atomic mass is 9.98. The third-order valence-corrected chi connectivity index (χ3v) is 9.99. The molecule has 6 unspecified atom stereocenters. The third kappa shape index (κ3) is 13.5. The average molecular weight is 834 g/mol. The van der Waals surface area contributed by atoms with Crippen molar-refractivity contribution in [2.45, 2.75) is 117 Å². The lowest BCUT2D eigenvalue weighted by molar-refractivity contribution is -0.167. The van der Waals surface area contributed by atoms with Crippen molar-refractivity contribution in [2.75, 3.05) is 20.2 Å². The van der Waals surface area contributed by atoms with Gasteiger partial charge in [-0.3, -0.25) is 14.4 Å². The molecular formula is C43H66N4O12. The molecule has 2 aromatic carbocycles. The molecule has 3 amide bonds. The van der Waals surface area contributed by atoms with Crippen LogP contribution in [0.15, 0.2) is 48.5 Å². The van der Waals surface area contributed by atoms with Crippen LogP contribution in [0.3, 0.4) is 0 Å². The largest absolute Gasteiger partial charge is 0.479 e. The zero-order valence-electron chi connectivity index (χ0n) is 35.4. The molecule has 6 atom stereocenters. The first-order valence-electron chi connectivity index (χ1n) is 20.1. The first kappa shape index (κ1) is 47.9. The minimum Gasteiger partial charge on any atom is -0.479 e. The second kappa shape index (κ2) is 22.6. The normalized spacial score (nSPS) is 15.1. The highest BCUT2D eigenvalue weighted by Crippen LogP contribution is 2.44. The number of esters is 3. The number of carboxylic acid groups (broad SMARTS) is 1. The molecule has 59 heavy (non-hydrogen) atoms. The standard InChI is InChI=1S/C43H60N4O12.3H2/c1-23(2)34(44-9)41(53)57-26(7)37(48)46-33(40(52)59-36(25(5)6)38(49)47-35(24(3)4)42(54)58-27(8)39(50)51)20-14-15-21-45-43(55)56-22-32-30-18-12-10-16-28(30)29-17-11-13-19-31(29)32;;;/h10-13,16-19,23-27,32-36,44H,14-15,20-22H2,1-9H3,(H,45,55)(H,46,48)(H,47,49)(H,50,51);3*1H/i;3*1+1. The number of carboxylic acids is 1. The number of ether oxygens (including phenoxy) is 4. The number of nitrogens with one attached hydrogen (secondary N) is 4. The molecular weight excluding hydrogens is 764 g/mol. The van der Waals surface area contributed by atoms with E-state index in [4.69, 9.17) is 24.1 Å². The lowest BCUT2D eigenvalue weighted by Gasteiger charge is -2.28. The number of hydrogen-bond acceptors (Lipinski definition) is 12. The van der Waals surface area contributed by atoms with Gasteiger partial charge in [0.25, 0.3) is 11.8 Å². The molecule has 0 spiro atoms. The van der Waals surface area contributed by atoms with Crippen molar-refractivity contribution in [3.05, 3.63) is 59.7 Å². The summed E-state index contributed by atoms with van der Waals surface area (Å²) in [7, 11) is 1.59. The number of carbonyl (C=O) groups excluding carboxylic acids is 6. The van der Waals surface area contributed by atoms with Crippen LogP contribution in [0, 0.1) is 17.8 Å². The number of aliphatic carboxylic acids is 1. The van der Waals surface area contributed by atoms with Crippen molar-refractivity contribution >= 4 is 41.8 Å². The van der Waals surface area contributed by atoms with Crippen LogP contribution in [-0.4, -0.2) is 104 Å². The maximum absolute atomic E-state index is 13.7. The van der Waals surface area contributed by atoms with Crippen molar-refractivity contribution in [1.82, 2.24) is 21.3 Å². The number of rotatable bonds is 22. The minimum atomic E-state index is -1.46. The molecule has 16 nitrogen and oxygen atoms in total. The molecule has 1 aliphatic rings. The van der Waals surface area contributed by atoms with Crippen LogP contribution in [0.25, 0.3) is 11.1 Å². The highest BCUT2D eigenvalue weighted by atomic mass is 16.6. The summed E-state index contributed by atoms with van der Waals surface area (Å²) in [4.78, 5) is 90.1. The Morgan fingerprint density at radius 2 is 1.20 bits per heavy atom. The van der Waals surface area contributed by atoms with E-state index >= 15 is 0 Å². The quantitative estimate of drug-likeness (QED) is 0.0611. The Labute approximate surface area is 350 Å². The second-order valence-corrected chi connectivity index (χ2v) is 15.6. The molecule has 0 bridgehead atoms. The number of benzene rings is 2. The number of fused-ring (bicyclic) bond motifs is 3. The van der Waals surface area contributed by atoms with Crippen molar-refractivity contribution in [2.24, 2.45) is 17.8 Å². The number of unbranched alkanes of at least 4 members (excludes halogenated alkanes) is 1. The van der Waals surface area contributed by atoms with E-state index in [-0.39, 0.29) is 35.7 Å². The molecule has 0 radical (unpaired) electrons. The number of hydrogen-bond donors (Lipinski definition) is 5. The van der Waals surface area contributed by atoms with Gasteiger partial charge in [-0.25, -0.2) is 19.2 Å². The fourth-order valence-electron chi connectivity index (χ4n) is 6.61. The molecule has 5 N–H and O–H groups in total. The van der Waals surface area contributed by atoms with Crippen molar-refractivity contribution in [3.8, 4) is 11.1 Å². The molecule has 0 aromatic heterocycles. The molecule has 0 heterocycles. The van der Waals surface area contributed by atoms with E-state index in [2.05, 4.69) is 21.3 Å². The second-order valence-electron chi connectivity index (χ2n) is 15.6. The Hall–Kier alpha value is -5.51. The van der Waals surface area contributed by atoms with Gasteiger partial charge >= 0.3 is 30.0 Å². The Bertz CT molecular complexity index is 1770. The summed E-state index contributed by atoms with van der Waals surface area (Å²) in [6.07, 6.45) is -4.11. The summed E-state index contributed by atoms with van der Waals surface area (Å²) in [5, 5.41) is 19.8. The van der Waals surface area contributed by atoms with Crippen molar-refractivity contribution < 1.29 is 61.9 Å². The predicted octanol–water partition coefficient (Wildman–Crippen LogP) is 4.82.